The summed E-state index contributed by atoms with van der Waals surface area (Å²) in [6.07, 6.45) is 0.536. The van der Waals surface area contributed by atoms with Crippen molar-refractivity contribution >= 4 is 11.9 Å². The number of hydrogen-bond acceptors (Lipinski definition) is 2. The van der Waals surface area contributed by atoms with E-state index in [0.717, 1.165) is 12.1 Å². The minimum absolute atomic E-state index is 0.176. The van der Waals surface area contributed by atoms with Gasteiger partial charge in [0.05, 0.1) is 5.41 Å². The Morgan fingerprint density at radius 1 is 1.20 bits per heavy atom. The summed E-state index contributed by atoms with van der Waals surface area (Å²) < 4.78 is 27.1. The summed E-state index contributed by atoms with van der Waals surface area (Å²) in [5.41, 5.74) is -1.46. The molecule has 108 valence electrons. The van der Waals surface area contributed by atoms with Gasteiger partial charge in [0.1, 0.15) is 17.2 Å². The van der Waals surface area contributed by atoms with Crippen LogP contribution in [0.2, 0.25) is 0 Å². The molecule has 0 saturated carbocycles. The standard InChI is InChI=1S/C14H15F2NO3/c1-14(13(19)20)5-7-17(8-6-14)12(18)11-9(15)3-2-4-10(11)16/h2-4H,5-8H2,1H3,(H,19,20). The number of piperidine rings is 1. The average molecular weight is 283 g/mol. The van der Waals surface area contributed by atoms with Crippen molar-refractivity contribution in [2.75, 3.05) is 13.1 Å². The van der Waals surface area contributed by atoms with Crippen LogP contribution in [0.25, 0.3) is 0 Å². The molecule has 2 rings (SSSR count). The summed E-state index contributed by atoms with van der Waals surface area (Å²) >= 11 is 0. The van der Waals surface area contributed by atoms with Crippen LogP contribution in [0, 0.1) is 17.0 Å². The molecule has 20 heavy (non-hydrogen) atoms. The van der Waals surface area contributed by atoms with Crippen molar-refractivity contribution in [1.82, 2.24) is 4.90 Å². The van der Waals surface area contributed by atoms with E-state index in [1.807, 2.05) is 0 Å². The van der Waals surface area contributed by atoms with Gasteiger partial charge >= 0.3 is 5.97 Å². The maximum absolute atomic E-state index is 13.6. The van der Waals surface area contributed by atoms with Crippen molar-refractivity contribution in [3.05, 3.63) is 35.4 Å². The minimum atomic E-state index is -0.915. The maximum atomic E-state index is 13.6. The first-order chi connectivity index (χ1) is 9.35. The third-order valence-corrected chi connectivity index (χ3v) is 3.85. The lowest BCUT2D eigenvalue weighted by molar-refractivity contribution is -0.150. The Labute approximate surface area is 115 Å². The second-order valence-electron chi connectivity index (χ2n) is 5.25. The highest BCUT2D eigenvalue weighted by Gasteiger charge is 2.38. The molecule has 1 aromatic carbocycles. The Morgan fingerprint density at radius 2 is 1.70 bits per heavy atom. The van der Waals surface area contributed by atoms with Gasteiger partial charge in [0.25, 0.3) is 5.91 Å². The molecule has 0 unspecified atom stereocenters. The zero-order valence-corrected chi connectivity index (χ0v) is 11.0. The number of carbonyl (C=O) groups excluding carboxylic acids is 1. The van der Waals surface area contributed by atoms with E-state index in [1.54, 1.807) is 6.92 Å². The van der Waals surface area contributed by atoms with Gasteiger partial charge in [-0.2, -0.15) is 0 Å². The van der Waals surface area contributed by atoms with Crippen LogP contribution in [0.4, 0.5) is 8.78 Å². The van der Waals surface area contributed by atoms with E-state index < -0.39 is 34.5 Å². The number of halogens is 2. The van der Waals surface area contributed by atoms with E-state index in [-0.39, 0.29) is 25.9 Å². The van der Waals surface area contributed by atoms with Gasteiger partial charge in [-0.15, -0.1) is 0 Å². The summed E-state index contributed by atoms with van der Waals surface area (Å²) in [6.45, 7) is 1.96. The number of amides is 1. The van der Waals surface area contributed by atoms with Crippen molar-refractivity contribution in [2.24, 2.45) is 5.41 Å². The number of carboxylic acid groups (broad SMARTS) is 1. The fourth-order valence-electron chi connectivity index (χ4n) is 2.28. The molecule has 1 fully saturated rings. The van der Waals surface area contributed by atoms with Gasteiger partial charge in [-0.3, -0.25) is 9.59 Å². The van der Waals surface area contributed by atoms with E-state index in [4.69, 9.17) is 5.11 Å². The first kappa shape index (κ1) is 14.4. The van der Waals surface area contributed by atoms with Crippen LogP contribution < -0.4 is 0 Å². The van der Waals surface area contributed by atoms with Crippen molar-refractivity contribution in [2.45, 2.75) is 19.8 Å². The normalized spacial score (nSPS) is 17.9. The summed E-state index contributed by atoms with van der Waals surface area (Å²) in [5.74, 6) is -3.45. The number of rotatable bonds is 2. The van der Waals surface area contributed by atoms with E-state index >= 15 is 0 Å². The zero-order chi connectivity index (χ0) is 14.9. The molecule has 1 heterocycles. The molecule has 6 heteroatoms. The van der Waals surface area contributed by atoms with Gasteiger partial charge in [-0.1, -0.05) is 6.07 Å². The Balaban J connectivity index is 2.15. The van der Waals surface area contributed by atoms with Gasteiger partial charge in [-0.25, -0.2) is 8.78 Å². The number of likely N-dealkylation sites (tertiary alicyclic amines) is 1. The molecule has 0 aromatic heterocycles. The van der Waals surface area contributed by atoms with Crippen molar-refractivity contribution < 1.29 is 23.5 Å². The highest BCUT2D eigenvalue weighted by atomic mass is 19.1. The van der Waals surface area contributed by atoms with Crippen LogP contribution in [0.3, 0.4) is 0 Å². The lowest BCUT2D eigenvalue weighted by Crippen LogP contribution is -2.45. The Hall–Kier alpha value is -1.98. The fourth-order valence-corrected chi connectivity index (χ4v) is 2.28. The molecule has 1 saturated heterocycles. The summed E-state index contributed by atoms with van der Waals surface area (Å²) in [6, 6.07) is 3.25. The van der Waals surface area contributed by atoms with Crippen molar-refractivity contribution in [3.8, 4) is 0 Å². The van der Waals surface area contributed by atoms with Gasteiger partial charge in [0.15, 0.2) is 0 Å². The smallest absolute Gasteiger partial charge is 0.309 e. The Bertz CT molecular complexity index is 531. The van der Waals surface area contributed by atoms with Gasteiger partial charge in [0.2, 0.25) is 0 Å². The van der Waals surface area contributed by atoms with Crippen LogP contribution >= 0.6 is 0 Å². The zero-order valence-electron chi connectivity index (χ0n) is 11.0. The molecule has 0 atom stereocenters. The number of benzene rings is 1. The topological polar surface area (TPSA) is 57.6 Å². The highest BCUT2D eigenvalue weighted by molar-refractivity contribution is 5.95. The molecular formula is C14H15F2NO3. The molecule has 0 aliphatic carbocycles. The molecule has 1 amide bonds. The second-order valence-corrected chi connectivity index (χ2v) is 5.25. The predicted molar refractivity (Wildman–Crippen MR) is 67.2 cm³/mol. The SMILES string of the molecule is CC1(C(=O)O)CCN(C(=O)c2c(F)cccc2F)CC1. The molecule has 1 N–H and O–H groups in total. The quantitative estimate of drug-likeness (QED) is 0.906. The van der Waals surface area contributed by atoms with E-state index in [2.05, 4.69) is 0 Å². The fraction of sp³-hybridized carbons (Fsp3) is 0.429. The average Bonchev–Trinajstić information content (AvgIpc) is 2.39. The summed E-state index contributed by atoms with van der Waals surface area (Å²) in [7, 11) is 0. The van der Waals surface area contributed by atoms with Crippen molar-refractivity contribution in [1.29, 1.82) is 0 Å². The molecule has 1 aliphatic rings. The van der Waals surface area contributed by atoms with Crippen LogP contribution in [0.5, 0.6) is 0 Å². The largest absolute Gasteiger partial charge is 0.481 e. The van der Waals surface area contributed by atoms with Gasteiger partial charge in [-0.05, 0) is 31.9 Å². The minimum Gasteiger partial charge on any atom is -0.481 e. The van der Waals surface area contributed by atoms with E-state index in [9.17, 15) is 18.4 Å². The van der Waals surface area contributed by atoms with Crippen LogP contribution in [0.1, 0.15) is 30.1 Å². The third-order valence-electron chi connectivity index (χ3n) is 3.85. The summed E-state index contributed by atoms with van der Waals surface area (Å²) in [4.78, 5) is 24.5. The van der Waals surface area contributed by atoms with Crippen LogP contribution in [0.15, 0.2) is 18.2 Å². The monoisotopic (exact) mass is 283 g/mol. The van der Waals surface area contributed by atoms with E-state index in [1.165, 1.54) is 11.0 Å². The third kappa shape index (κ3) is 2.50. The first-order valence-corrected chi connectivity index (χ1v) is 6.32. The predicted octanol–water partition coefficient (Wildman–Crippen LogP) is 2.29. The Morgan fingerprint density at radius 3 is 2.15 bits per heavy atom. The lowest BCUT2D eigenvalue weighted by atomic mass is 9.80. The number of carboxylic acids is 1. The number of nitrogens with zero attached hydrogens (tertiary/aromatic N) is 1. The number of carbonyl (C=O) groups is 2. The van der Waals surface area contributed by atoms with Gasteiger partial charge < -0.3 is 10.0 Å². The number of hydrogen-bond donors (Lipinski definition) is 1. The second kappa shape index (κ2) is 5.19. The van der Waals surface area contributed by atoms with Crippen LogP contribution in [-0.4, -0.2) is 35.0 Å². The first-order valence-electron chi connectivity index (χ1n) is 6.32. The maximum Gasteiger partial charge on any atom is 0.309 e. The molecule has 4 nitrogen and oxygen atoms in total. The van der Waals surface area contributed by atoms with Gasteiger partial charge in [0, 0.05) is 13.1 Å². The van der Waals surface area contributed by atoms with Crippen molar-refractivity contribution in [3.63, 3.8) is 0 Å². The molecule has 0 bridgehead atoms. The Kier molecular flexibility index (Phi) is 3.74. The molecule has 1 aromatic rings. The molecule has 0 spiro atoms. The number of aliphatic carboxylic acids is 1. The lowest BCUT2D eigenvalue weighted by Gasteiger charge is -2.36. The highest BCUT2D eigenvalue weighted by Crippen LogP contribution is 2.32. The molecular weight excluding hydrogens is 268 g/mol. The van der Waals surface area contributed by atoms with E-state index in [0.29, 0.717) is 0 Å². The van der Waals surface area contributed by atoms with Crippen LogP contribution in [-0.2, 0) is 4.79 Å². The molecule has 0 radical (unpaired) electrons. The summed E-state index contributed by atoms with van der Waals surface area (Å²) in [5, 5.41) is 9.10. The molecule has 1 aliphatic heterocycles.